The number of rotatable bonds is 6. The van der Waals surface area contributed by atoms with Gasteiger partial charge in [-0.15, -0.1) is 0 Å². The van der Waals surface area contributed by atoms with Gasteiger partial charge in [-0.2, -0.15) is 0 Å². The average Bonchev–Trinajstić information content (AvgIpc) is 3.14. The first-order chi connectivity index (χ1) is 13.0. The summed E-state index contributed by atoms with van der Waals surface area (Å²) in [6.45, 7) is 7.87. The van der Waals surface area contributed by atoms with Crippen LogP contribution < -0.4 is 16.2 Å². The third-order valence-corrected chi connectivity index (χ3v) is 5.13. The number of amides is 1. The summed E-state index contributed by atoms with van der Waals surface area (Å²) < 4.78 is 11.5. The molecule has 2 unspecified atom stereocenters. The van der Waals surface area contributed by atoms with E-state index in [2.05, 4.69) is 47.4 Å². The van der Waals surface area contributed by atoms with Crippen molar-refractivity contribution in [2.45, 2.75) is 57.8 Å². The van der Waals surface area contributed by atoms with Crippen molar-refractivity contribution in [3.63, 3.8) is 0 Å². The minimum atomic E-state index is -0.252. The summed E-state index contributed by atoms with van der Waals surface area (Å²) >= 11 is 0. The number of nitrogens with one attached hydrogen (secondary N) is 3. The number of benzene rings is 1. The van der Waals surface area contributed by atoms with Crippen molar-refractivity contribution in [3.05, 3.63) is 47.0 Å². The Morgan fingerprint density at radius 3 is 2.81 bits per heavy atom. The molecular weight excluding hydrogens is 342 g/mol. The number of ether oxygens (including phenoxy) is 2. The van der Waals surface area contributed by atoms with Gasteiger partial charge in [0.05, 0.1) is 19.3 Å². The fourth-order valence-electron chi connectivity index (χ4n) is 3.41. The lowest BCUT2D eigenvalue weighted by Crippen LogP contribution is -2.54. The highest BCUT2D eigenvalue weighted by molar-refractivity contribution is 5.82. The van der Waals surface area contributed by atoms with E-state index in [0.29, 0.717) is 19.8 Å². The largest absolute Gasteiger partial charge is 0.379 e. The molecule has 3 N–H and O–H groups in total. The number of carbonyl (C=O) groups excluding carboxylic acids is 1. The van der Waals surface area contributed by atoms with E-state index in [0.717, 1.165) is 12.8 Å². The van der Waals surface area contributed by atoms with Crippen LogP contribution in [0.4, 0.5) is 0 Å². The average molecular weight is 373 g/mol. The van der Waals surface area contributed by atoms with Crippen LogP contribution in [0.2, 0.25) is 0 Å². The molecule has 6 nitrogen and oxygen atoms in total. The number of carbonyl (C=O) groups is 1. The molecule has 2 saturated heterocycles. The zero-order valence-corrected chi connectivity index (χ0v) is 16.5. The number of hydrogen-bond donors (Lipinski definition) is 3. The SMILES string of the molecule is CC(C)=CCO[C@@H]1COCC[C@H]1NC(=O)C1CC(c2ccc(C)cc2)NN1. The van der Waals surface area contributed by atoms with Gasteiger partial charge < -0.3 is 14.8 Å². The molecule has 2 aliphatic heterocycles. The van der Waals surface area contributed by atoms with Gasteiger partial charge in [0.15, 0.2) is 0 Å². The van der Waals surface area contributed by atoms with Crippen LogP contribution in [0.15, 0.2) is 35.9 Å². The van der Waals surface area contributed by atoms with Gasteiger partial charge in [-0.1, -0.05) is 41.5 Å². The maximum absolute atomic E-state index is 12.8. The zero-order chi connectivity index (χ0) is 19.2. The Balaban J connectivity index is 1.52. The van der Waals surface area contributed by atoms with E-state index in [4.69, 9.17) is 9.47 Å². The van der Waals surface area contributed by atoms with Crippen LogP contribution in [-0.2, 0) is 14.3 Å². The van der Waals surface area contributed by atoms with E-state index < -0.39 is 0 Å². The van der Waals surface area contributed by atoms with Crippen molar-refractivity contribution in [2.75, 3.05) is 19.8 Å². The van der Waals surface area contributed by atoms with Gasteiger partial charge in [0.25, 0.3) is 0 Å². The lowest BCUT2D eigenvalue weighted by Gasteiger charge is -2.32. The number of hydrazine groups is 1. The Bertz CT molecular complexity index is 655. The van der Waals surface area contributed by atoms with Crippen molar-refractivity contribution in [3.8, 4) is 0 Å². The second-order valence-corrected chi connectivity index (χ2v) is 7.67. The van der Waals surface area contributed by atoms with Crippen LogP contribution in [-0.4, -0.2) is 43.9 Å². The van der Waals surface area contributed by atoms with Crippen LogP contribution in [0.5, 0.6) is 0 Å². The molecule has 4 atom stereocenters. The number of hydrogen-bond acceptors (Lipinski definition) is 5. The van der Waals surface area contributed by atoms with E-state index in [1.807, 2.05) is 19.9 Å². The fraction of sp³-hybridized carbons (Fsp3) is 0.571. The summed E-state index contributed by atoms with van der Waals surface area (Å²) in [4.78, 5) is 12.8. The van der Waals surface area contributed by atoms with Crippen molar-refractivity contribution in [1.82, 2.24) is 16.2 Å². The maximum Gasteiger partial charge on any atom is 0.238 e. The van der Waals surface area contributed by atoms with E-state index in [1.165, 1.54) is 16.7 Å². The molecule has 0 radical (unpaired) electrons. The molecule has 6 heteroatoms. The minimum absolute atomic E-state index is 0.0137. The van der Waals surface area contributed by atoms with Gasteiger partial charge in [-0.25, -0.2) is 10.9 Å². The van der Waals surface area contributed by atoms with Gasteiger partial charge in [-0.3, -0.25) is 4.79 Å². The van der Waals surface area contributed by atoms with Crippen LogP contribution in [0.25, 0.3) is 0 Å². The molecule has 0 saturated carbocycles. The van der Waals surface area contributed by atoms with Crippen LogP contribution in [0.3, 0.4) is 0 Å². The summed E-state index contributed by atoms with van der Waals surface area (Å²) in [6, 6.07) is 8.29. The molecule has 1 aromatic carbocycles. The van der Waals surface area contributed by atoms with Gasteiger partial charge >= 0.3 is 0 Å². The third-order valence-electron chi connectivity index (χ3n) is 5.13. The van der Waals surface area contributed by atoms with Gasteiger partial charge in [-0.05, 0) is 39.2 Å². The summed E-state index contributed by atoms with van der Waals surface area (Å²) in [5, 5.41) is 3.16. The molecule has 0 spiro atoms. The lowest BCUT2D eigenvalue weighted by molar-refractivity contribution is -0.127. The van der Waals surface area contributed by atoms with Crippen LogP contribution >= 0.6 is 0 Å². The summed E-state index contributed by atoms with van der Waals surface area (Å²) in [7, 11) is 0. The normalized spacial score (nSPS) is 28.0. The summed E-state index contributed by atoms with van der Waals surface area (Å²) in [6.07, 6.45) is 3.43. The molecule has 0 aromatic heterocycles. The Morgan fingerprint density at radius 1 is 1.30 bits per heavy atom. The molecule has 2 fully saturated rings. The highest BCUT2D eigenvalue weighted by atomic mass is 16.5. The monoisotopic (exact) mass is 373 g/mol. The highest BCUT2D eigenvalue weighted by Crippen LogP contribution is 2.23. The molecular formula is C21H31N3O3. The maximum atomic E-state index is 12.8. The first kappa shape index (κ1) is 20.0. The van der Waals surface area contributed by atoms with E-state index >= 15 is 0 Å². The predicted molar refractivity (Wildman–Crippen MR) is 105 cm³/mol. The molecule has 3 rings (SSSR count). The second-order valence-electron chi connectivity index (χ2n) is 7.67. The van der Waals surface area contributed by atoms with E-state index in [-0.39, 0.29) is 30.1 Å². The molecule has 0 aliphatic carbocycles. The van der Waals surface area contributed by atoms with Crippen LogP contribution in [0, 0.1) is 6.92 Å². The zero-order valence-electron chi connectivity index (χ0n) is 16.5. The first-order valence-corrected chi connectivity index (χ1v) is 9.73. The van der Waals surface area contributed by atoms with E-state index in [9.17, 15) is 4.79 Å². The summed E-state index contributed by atoms with van der Waals surface area (Å²) in [5.74, 6) is 0.0137. The predicted octanol–water partition coefficient (Wildman–Crippen LogP) is 2.16. The minimum Gasteiger partial charge on any atom is -0.379 e. The van der Waals surface area contributed by atoms with Crippen molar-refractivity contribution < 1.29 is 14.3 Å². The molecule has 2 heterocycles. The molecule has 1 aromatic rings. The first-order valence-electron chi connectivity index (χ1n) is 9.73. The van der Waals surface area contributed by atoms with Crippen molar-refractivity contribution in [1.29, 1.82) is 0 Å². The number of allylic oxidation sites excluding steroid dienone is 1. The second kappa shape index (κ2) is 9.46. The lowest BCUT2D eigenvalue weighted by atomic mass is 10.00. The molecule has 148 valence electrons. The Kier molecular flexibility index (Phi) is 7.01. The Morgan fingerprint density at radius 2 is 2.07 bits per heavy atom. The summed E-state index contributed by atoms with van der Waals surface area (Å²) in [5.41, 5.74) is 10.0. The number of aryl methyl sites for hydroxylation is 1. The van der Waals surface area contributed by atoms with E-state index in [1.54, 1.807) is 0 Å². The third kappa shape index (κ3) is 5.62. The molecule has 1 amide bonds. The fourth-order valence-corrected chi connectivity index (χ4v) is 3.41. The van der Waals surface area contributed by atoms with Gasteiger partial charge in [0.2, 0.25) is 5.91 Å². The van der Waals surface area contributed by atoms with Gasteiger partial charge in [0.1, 0.15) is 12.1 Å². The molecule has 0 bridgehead atoms. The Labute approximate surface area is 161 Å². The van der Waals surface area contributed by atoms with Crippen molar-refractivity contribution in [2.24, 2.45) is 0 Å². The highest BCUT2D eigenvalue weighted by Gasteiger charge is 2.34. The molecule has 27 heavy (non-hydrogen) atoms. The quantitative estimate of drug-likeness (QED) is 0.667. The Hall–Kier alpha value is -1.73. The molecule has 2 aliphatic rings. The topological polar surface area (TPSA) is 71.6 Å². The van der Waals surface area contributed by atoms with Crippen LogP contribution in [0.1, 0.15) is 43.9 Å². The van der Waals surface area contributed by atoms with Crippen molar-refractivity contribution >= 4 is 5.91 Å². The van der Waals surface area contributed by atoms with Gasteiger partial charge in [0, 0.05) is 12.6 Å². The smallest absolute Gasteiger partial charge is 0.238 e. The standard InChI is InChI=1S/C21H31N3O3/c1-14(2)8-11-27-20-13-26-10-9-17(20)22-21(25)19-12-18(23-24-19)16-6-4-15(3)5-7-16/h4-8,17-20,23-24H,9-13H2,1-3H3,(H,22,25)/t17-,18?,19?,20-/m1/s1.